The molecule has 0 spiro atoms. The maximum Gasteiger partial charge on any atom is 0.339 e. The van der Waals surface area contributed by atoms with E-state index >= 15 is 0 Å². The molecule has 16 heavy (non-hydrogen) atoms. The van der Waals surface area contributed by atoms with E-state index in [1.807, 2.05) is 0 Å². The van der Waals surface area contributed by atoms with Crippen LogP contribution in [-0.2, 0) is 6.61 Å². The lowest BCUT2D eigenvalue weighted by molar-refractivity contribution is 0.152. The summed E-state index contributed by atoms with van der Waals surface area (Å²) in [5, 5.41) is 18.7. The highest BCUT2D eigenvalue weighted by Gasteiger charge is 2.21. The second kappa shape index (κ2) is 5.14. The van der Waals surface area contributed by atoms with Gasteiger partial charge in [-0.3, -0.25) is 0 Å². The highest BCUT2D eigenvalue weighted by Crippen LogP contribution is 2.28. The summed E-state index contributed by atoms with van der Waals surface area (Å²) < 4.78 is 10.00. The van der Waals surface area contributed by atoms with E-state index in [2.05, 4.69) is 0 Å². The van der Waals surface area contributed by atoms with Crippen LogP contribution < -0.4 is 10.4 Å². The molecular formula is C11H16O5. The van der Waals surface area contributed by atoms with Gasteiger partial charge in [0.15, 0.2) is 0 Å². The zero-order valence-electron chi connectivity index (χ0n) is 9.56. The third-order valence-electron chi connectivity index (χ3n) is 2.57. The SMILES string of the molecule is COc1cc(=O)oc([C@H](C)[C@H](C)O)c1CO. The number of ether oxygens (including phenoxy) is 1. The van der Waals surface area contributed by atoms with Crippen LogP contribution in [0.4, 0.5) is 0 Å². The number of aliphatic hydroxyl groups is 2. The van der Waals surface area contributed by atoms with Crippen LogP contribution in [0.25, 0.3) is 0 Å². The van der Waals surface area contributed by atoms with Gasteiger partial charge in [0.2, 0.25) is 0 Å². The first-order valence-electron chi connectivity index (χ1n) is 5.01. The van der Waals surface area contributed by atoms with E-state index in [0.717, 1.165) is 0 Å². The second-order valence-corrected chi connectivity index (χ2v) is 3.66. The monoisotopic (exact) mass is 228 g/mol. The van der Waals surface area contributed by atoms with Crippen molar-refractivity contribution >= 4 is 0 Å². The van der Waals surface area contributed by atoms with Gasteiger partial charge >= 0.3 is 5.63 Å². The molecule has 0 amide bonds. The minimum absolute atomic E-state index is 0.266. The summed E-state index contributed by atoms with van der Waals surface area (Å²) in [5.41, 5.74) is -0.160. The van der Waals surface area contributed by atoms with Crippen LogP contribution in [0.15, 0.2) is 15.3 Å². The average Bonchev–Trinajstić information content (AvgIpc) is 2.26. The van der Waals surface area contributed by atoms with Crippen LogP contribution in [0.2, 0.25) is 0 Å². The Morgan fingerprint density at radius 1 is 1.50 bits per heavy atom. The minimum Gasteiger partial charge on any atom is -0.496 e. The number of hydrogen-bond donors (Lipinski definition) is 2. The van der Waals surface area contributed by atoms with Gasteiger partial charge in [-0.15, -0.1) is 0 Å². The molecule has 0 aliphatic rings. The summed E-state index contributed by atoms with van der Waals surface area (Å²) in [6.45, 7) is 2.99. The number of hydrogen-bond acceptors (Lipinski definition) is 5. The van der Waals surface area contributed by atoms with E-state index in [4.69, 9.17) is 9.15 Å². The summed E-state index contributed by atoms with van der Waals surface area (Å²) in [5.74, 6) is 0.160. The normalized spacial score (nSPS) is 14.6. The Kier molecular flexibility index (Phi) is 4.09. The average molecular weight is 228 g/mol. The molecule has 0 aliphatic carbocycles. The molecule has 5 heteroatoms. The molecule has 2 N–H and O–H groups in total. The molecule has 0 saturated carbocycles. The molecule has 0 aliphatic heterocycles. The summed E-state index contributed by atoms with van der Waals surface area (Å²) in [6, 6.07) is 1.17. The van der Waals surface area contributed by atoms with Gasteiger partial charge < -0.3 is 19.4 Å². The molecule has 1 aromatic heterocycles. The van der Waals surface area contributed by atoms with Crippen molar-refractivity contribution in [2.24, 2.45) is 0 Å². The summed E-state index contributed by atoms with van der Waals surface area (Å²) in [6.07, 6.45) is -0.680. The van der Waals surface area contributed by atoms with Crippen molar-refractivity contribution < 1.29 is 19.4 Å². The molecule has 0 bridgehead atoms. The fourth-order valence-electron chi connectivity index (χ4n) is 1.44. The molecule has 1 aromatic rings. The zero-order chi connectivity index (χ0) is 12.3. The Labute approximate surface area is 93.3 Å². The molecule has 90 valence electrons. The quantitative estimate of drug-likeness (QED) is 0.789. The van der Waals surface area contributed by atoms with Gasteiger partial charge in [0, 0.05) is 5.92 Å². The van der Waals surface area contributed by atoms with E-state index in [1.165, 1.54) is 13.2 Å². The molecule has 1 rings (SSSR count). The minimum atomic E-state index is -0.680. The number of methoxy groups -OCH3 is 1. The predicted molar refractivity (Wildman–Crippen MR) is 57.5 cm³/mol. The van der Waals surface area contributed by atoms with Gasteiger partial charge in [-0.2, -0.15) is 0 Å². The van der Waals surface area contributed by atoms with Crippen molar-refractivity contribution in [2.45, 2.75) is 32.5 Å². The predicted octanol–water partition coefficient (Wildman–Crippen LogP) is 0.625. The van der Waals surface area contributed by atoms with Crippen molar-refractivity contribution in [1.29, 1.82) is 0 Å². The van der Waals surface area contributed by atoms with Crippen molar-refractivity contribution in [2.75, 3.05) is 7.11 Å². The van der Waals surface area contributed by atoms with Gasteiger partial charge in [0.25, 0.3) is 0 Å². The van der Waals surface area contributed by atoms with Gasteiger partial charge in [-0.25, -0.2) is 4.79 Å². The first-order chi connectivity index (χ1) is 7.51. The fourth-order valence-corrected chi connectivity index (χ4v) is 1.44. The maximum absolute atomic E-state index is 11.3. The molecule has 0 fully saturated rings. The van der Waals surface area contributed by atoms with Gasteiger partial charge in [-0.1, -0.05) is 6.92 Å². The van der Waals surface area contributed by atoms with E-state index in [0.29, 0.717) is 5.56 Å². The molecule has 0 radical (unpaired) electrons. The smallest absolute Gasteiger partial charge is 0.339 e. The van der Waals surface area contributed by atoms with E-state index in [9.17, 15) is 15.0 Å². The van der Waals surface area contributed by atoms with Crippen LogP contribution in [0.5, 0.6) is 5.75 Å². The Bertz CT molecular complexity index is 407. The van der Waals surface area contributed by atoms with Gasteiger partial charge in [0.05, 0.1) is 31.5 Å². The summed E-state index contributed by atoms with van der Waals surface area (Å²) in [7, 11) is 1.41. The third-order valence-corrected chi connectivity index (χ3v) is 2.57. The molecule has 2 atom stereocenters. The van der Waals surface area contributed by atoms with Crippen LogP contribution in [0.1, 0.15) is 31.1 Å². The zero-order valence-corrected chi connectivity index (χ0v) is 9.56. The van der Waals surface area contributed by atoms with Crippen molar-refractivity contribution in [3.05, 3.63) is 27.8 Å². The topological polar surface area (TPSA) is 79.9 Å². The first-order valence-corrected chi connectivity index (χ1v) is 5.01. The highest BCUT2D eigenvalue weighted by molar-refractivity contribution is 5.35. The lowest BCUT2D eigenvalue weighted by Gasteiger charge is -2.17. The first kappa shape index (κ1) is 12.7. The lowest BCUT2D eigenvalue weighted by atomic mass is 9.98. The van der Waals surface area contributed by atoms with Crippen molar-refractivity contribution in [3.8, 4) is 5.75 Å². The van der Waals surface area contributed by atoms with E-state index < -0.39 is 11.7 Å². The largest absolute Gasteiger partial charge is 0.496 e. The molecule has 0 unspecified atom stereocenters. The van der Waals surface area contributed by atoms with Crippen molar-refractivity contribution in [3.63, 3.8) is 0 Å². The van der Waals surface area contributed by atoms with Crippen LogP contribution in [0, 0.1) is 0 Å². The van der Waals surface area contributed by atoms with Gasteiger partial charge in [-0.05, 0) is 6.92 Å². The maximum atomic E-state index is 11.3. The van der Waals surface area contributed by atoms with Crippen LogP contribution >= 0.6 is 0 Å². The second-order valence-electron chi connectivity index (χ2n) is 3.66. The highest BCUT2D eigenvalue weighted by atomic mass is 16.5. The Morgan fingerprint density at radius 2 is 2.12 bits per heavy atom. The molecule has 1 heterocycles. The molecule has 0 aromatic carbocycles. The standard InChI is InChI=1S/C11H16O5/c1-6(7(2)13)11-8(5-12)9(15-3)4-10(14)16-11/h4,6-7,12-13H,5H2,1-3H3/t6-,7+/m1/s1. The van der Waals surface area contributed by atoms with Crippen LogP contribution in [0.3, 0.4) is 0 Å². The van der Waals surface area contributed by atoms with E-state index in [-0.39, 0.29) is 24.0 Å². The van der Waals surface area contributed by atoms with Crippen molar-refractivity contribution in [1.82, 2.24) is 0 Å². The Morgan fingerprint density at radius 3 is 2.56 bits per heavy atom. The summed E-state index contributed by atoms with van der Waals surface area (Å²) >= 11 is 0. The van der Waals surface area contributed by atoms with E-state index in [1.54, 1.807) is 13.8 Å². The molecule has 0 saturated heterocycles. The lowest BCUT2D eigenvalue weighted by Crippen LogP contribution is -2.16. The summed E-state index contributed by atoms with van der Waals surface area (Å²) in [4.78, 5) is 11.3. The Balaban J connectivity index is 3.36. The number of aliphatic hydroxyl groups excluding tert-OH is 2. The fraction of sp³-hybridized carbons (Fsp3) is 0.545. The molecule has 5 nitrogen and oxygen atoms in total. The van der Waals surface area contributed by atoms with Gasteiger partial charge in [0.1, 0.15) is 11.5 Å². The third kappa shape index (κ3) is 2.43. The molecular weight excluding hydrogens is 212 g/mol. The Hall–Kier alpha value is -1.33. The number of rotatable bonds is 4. The van der Waals surface area contributed by atoms with Crippen LogP contribution in [-0.4, -0.2) is 23.4 Å².